The molecule has 2 aliphatic rings. The lowest BCUT2D eigenvalue weighted by Crippen LogP contribution is -2.57. The average molecular weight is 315 g/mol. The van der Waals surface area contributed by atoms with E-state index in [0.29, 0.717) is 19.6 Å². The van der Waals surface area contributed by atoms with Crippen molar-refractivity contribution in [2.45, 2.75) is 52.4 Å². The van der Waals surface area contributed by atoms with Gasteiger partial charge in [-0.3, -0.25) is 14.4 Å². The highest BCUT2D eigenvalue weighted by Crippen LogP contribution is 2.46. The first-order chi connectivity index (χ1) is 10.6. The molecular weight excluding hydrogens is 290 g/mol. The SMILES string of the molecule is CCOC(=O)C1(C(=O)OCC)[C@H](OCC)ON2CCCC[C@@H]21. The third-order valence-corrected chi connectivity index (χ3v) is 4.13. The summed E-state index contributed by atoms with van der Waals surface area (Å²) in [5.74, 6) is -1.25. The summed E-state index contributed by atoms with van der Waals surface area (Å²) in [6.45, 7) is 6.57. The molecule has 0 unspecified atom stereocenters. The van der Waals surface area contributed by atoms with Gasteiger partial charge in [-0.1, -0.05) is 6.42 Å². The molecule has 2 heterocycles. The molecular formula is C15H25NO6. The Morgan fingerprint density at radius 2 is 1.73 bits per heavy atom. The number of hydrogen-bond donors (Lipinski definition) is 0. The van der Waals surface area contributed by atoms with E-state index in [2.05, 4.69) is 0 Å². The normalized spacial score (nSPS) is 27.2. The topological polar surface area (TPSA) is 74.3 Å². The molecule has 0 aromatic rings. The minimum atomic E-state index is -1.57. The first-order valence-corrected chi connectivity index (χ1v) is 8.02. The number of fused-ring (bicyclic) bond motifs is 1. The van der Waals surface area contributed by atoms with Crippen LogP contribution in [0.5, 0.6) is 0 Å². The Morgan fingerprint density at radius 1 is 1.09 bits per heavy atom. The fourth-order valence-electron chi connectivity index (χ4n) is 3.21. The molecule has 0 spiro atoms. The predicted molar refractivity (Wildman–Crippen MR) is 76.5 cm³/mol. The van der Waals surface area contributed by atoms with Crippen LogP contribution in [0.4, 0.5) is 0 Å². The summed E-state index contributed by atoms with van der Waals surface area (Å²) in [6.07, 6.45) is 1.54. The van der Waals surface area contributed by atoms with Gasteiger partial charge in [0.1, 0.15) is 0 Å². The highest BCUT2D eigenvalue weighted by Gasteiger charge is 2.69. The zero-order valence-corrected chi connectivity index (χ0v) is 13.5. The Labute approximate surface area is 130 Å². The first-order valence-electron chi connectivity index (χ1n) is 8.02. The minimum absolute atomic E-state index is 0.186. The van der Waals surface area contributed by atoms with Crippen molar-refractivity contribution < 1.29 is 28.6 Å². The summed E-state index contributed by atoms with van der Waals surface area (Å²) in [6, 6.07) is -0.407. The van der Waals surface area contributed by atoms with Gasteiger partial charge in [-0.05, 0) is 33.6 Å². The van der Waals surface area contributed by atoms with Crippen molar-refractivity contribution >= 4 is 11.9 Å². The standard InChI is InChI=1S/C15H25NO6/c1-4-19-12(17)15(13(18)20-5-2)11-9-7-8-10-16(11)22-14(15)21-6-3/h11,14H,4-10H2,1-3H3/t11-,14-/m1/s1. The van der Waals surface area contributed by atoms with Crippen LogP contribution in [0.3, 0.4) is 0 Å². The average Bonchev–Trinajstić information content (AvgIpc) is 2.83. The lowest BCUT2D eigenvalue weighted by atomic mass is 9.76. The van der Waals surface area contributed by atoms with Crippen molar-refractivity contribution in [1.29, 1.82) is 0 Å². The summed E-state index contributed by atoms with van der Waals surface area (Å²) in [4.78, 5) is 31.2. The molecule has 0 aromatic carbocycles. The summed E-state index contributed by atoms with van der Waals surface area (Å²) in [5, 5.41) is 1.69. The maximum Gasteiger partial charge on any atom is 0.330 e. The van der Waals surface area contributed by atoms with Crippen molar-refractivity contribution in [2.75, 3.05) is 26.4 Å². The Balaban J connectivity index is 2.43. The molecule has 2 atom stereocenters. The lowest BCUT2D eigenvalue weighted by Gasteiger charge is -2.35. The van der Waals surface area contributed by atoms with Gasteiger partial charge in [0.2, 0.25) is 11.7 Å². The van der Waals surface area contributed by atoms with Crippen LogP contribution < -0.4 is 0 Å². The number of piperidine rings is 1. The summed E-state index contributed by atoms with van der Waals surface area (Å²) in [7, 11) is 0. The summed E-state index contributed by atoms with van der Waals surface area (Å²) in [5.41, 5.74) is -1.57. The maximum absolute atomic E-state index is 12.7. The molecule has 0 aliphatic carbocycles. The lowest BCUT2D eigenvalue weighted by molar-refractivity contribution is -0.253. The van der Waals surface area contributed by atoms with Crippen molar-refractivity contribution in [3.05, 3.63) is 0 Å². The van der Waals surface area contributed by atoms with Crippen LogP contribution in [-0.4, -0.2) is 55.7 Å². The van der Waals surface area contributed by atoms with Gasteiger partial charge in [0, 0.05) is 13.2 Å². The summed E-state index contributed by atoms with van der Waals surface area (Å²) >= 11 is 0. The van der Waals surface area contributed by atoms with Gasteiger partial charge < -0.3 is 14.2 Å². The fourth-order valence-corrected chi connectivity index (χ4v) is 3.21. The third kappa shape index (κ3) is 2.73. The number of nitrogens with zero attached hydrogens (tertiary/aromatic N) is 1. The molecule has 7 heteroatoms. The van der Waals surface area contributed by atoms with Crippen LogP contribution >= 0.6 is 0 Å². The van der Waals surface area contributed by atoms with E-state index >= 15 is 0 Å². The second-order valence-electron chi connectivity index (χ2n) is 5.35. The van der Waals surface area contributed by atoms with Gasteiger partial charge in [0.05, 0.1) is 19.3 Å². The van der Waals surface area contributed by atoms with Crippen molar-refractivity contribution in [1.82, 2.24) is 5.06 Å². The first kappa shape index (κ1) is 17.2. The number of ether oxygens (including phenoxy) is 3. The zero-order chi connectivity index (χ0) is 16.2. The van der Waals surface area contributed by atoms with E-state index in [-0.39, 0.29) is 13.2 Å². The molecule has 22 heavy (non-hydrogen) atoms. The van der Waals surface area contributed by atoms with Crippen molar-refractivity contribution in [3.63, 3.8) is 0 Å². The van der Waals surface area contributed by atoms with Crippen LogP contribution in [0, 0.1) is 5.41 Å². The monoisotopic (exact) mass is 315 g/mol. The molecule has 0 saturated carbocycles. The van der Waals surface area contributed by atoms with Crippen molar-refractivity contribution in [3.8, 4) is 0 Å². The van der Waals surface area contributed by atoms with Crippen molar-refractivity contribution in [2.24, 2.45) is 5.41 Å². The van der Waals surface area contributed by atoms with Crippen LogP contribution in [0.1, 0.15) is 40.0 Å². The van der Waals surface area contributed by atoms with E-state index in [1.165, 1.54) is 0 Å². The quantitative estimate of drug-likeness (QED) is 0.539. The van der Waals surface area contributed by atoms with E-state index in [0.717, 1.165) is 12.8 Å². The smallest absolute Gasteiger partial charge is 0.330 e. The van der Waals surface area contributed by atoms with Gasteiger partial charge in [-0.15, -0.1) is 0 Å². The van der Waals surface area contributed by atoms with E-state index in [1.54, 1.807) is 25.8 Å². The second kappa shape index (κ2) is 7.39. The molecule has 2 fully saturated rings. The number of rotatable bonds is 6. The Hall–Kier alpha value is -1.18. The van der Waals surface area contributed by atoms with Gasteiger partial charge >= 0.3 is 11.9 Å². The molecule has 0 amide bonds. The Kier molecular flexibility index (Phi) is 5.77. The van der Waals surface area contributed by atoms with E-state index in [9.17, 15) is 9.59 Å². The molecule has 0 aromatic heterocycles. The number of carbonyl (C=O) groups is 2. The van der Waals surface area contributed by atoms with Gasteiger partial charge in [0.15, 0.2) is 0 Å². The maximum atomic E-state index is 12.7. The molecule has 2 saturated heterocycles. The molecule has 7 nitrogen and oxygen atoms in total. The Morgan fingerprint density at radius 3 is 2.27 bits per heavy atom. The largest absolute Gasteiger partial charge is 0.465 e. The number of carbonyl (C=O) groups excluding carboxylic acids is 2. The Bertz CT molecular complexity index is 395. The third-order valence-electron chi connectivity index (χ3n) is 4.13. The number of hydroxylamine groups is 2. The van der Waals surface area contributed by atoms with Crippen LogP contribution in [-0.2, 0) is 28.6 Å². The minimum Gasteiger partial charge on any atom is -0.465 e. The molecule has 0 N–H and O–H groups in total. The van der Waals surface area contributed by atoms with E-state index in [1.807, 2.05) is 0 Å². The highest BCUT2D eigenvalue weighted by molar-refractivity contribution is 6.02. The number of esters is 2. The second-order valence-corrected chi connectivity index (χ2v) is 5.35. The molecule has 0 bridgehead atoms. The molecule has 2 aliphatic heterocycles. The molecule has 0 radical (unpaired) electrons. The van der Waals surface area contributed by atoms with Crippen LogP contribution in [0.25, 0.3) is 0 Å². The molecule has 2 rings (SSSR count). The number of hydrogen-bond acceptors (Lipinski definition) is 7. The highest BCUT2D eigenvalue weighted by atomic mass is 16.8. The summed E-state index contributed by atoms with van der Waals surface area (Å²) < 4.78 is 16.0. The van der Waals surface area contributed by atoms with Gasteiger partial charge in [-0.25, -0.2) is 0 Å². The van der Waals surface area contributed by atoms with Crippen LogP contribution in [0.2, 0.25) is 0 Å². The predicted octanol–water partition coefficient (Wildman–Crippen LogP) is 1.26. The zero-order valence-electron chi connectivity index (χ0n) is 13.5. The fraction of sp³-hybridized carbons (Fsp3) is 0.867. The van der Waals surface area contributed by atoms with Crippen LogP contribution in [0.15, 0.2) is 0 Å². The van der Waals surface area contributed by atoms with Gasteiger partial charge in [0.25, 0.3) is 0 Å². The van der Waals surface area contributed by atoms with Gasteiger partial charge in [-0.2, -0.15) is 5.06 Å². The van der Waals surface area contributed by atoms with E-state index < -0.39 is 29.7 Å². The molecule has 126 valence electrons. The van der Waals surface area contributed by atoms with E-state index in [4.69, 9.17) is 19.0 Å².